The summed E-state index contributed by atoms with van der Waals surface area (Å²) in [6, 6.07) is -0.421. The van der Waals surface area contributed by atoms with E-state index in [9.17, 15) is 4.79 Å². The molecule has 11 heavy (non-hydrogen) atoms. The molecule has 0 aromatic heterocycles. The van der Waals surface area contributed by atoms with E-state index >= 15 is 0 Å². The van der Waals surface area contributed by atoms with Crippen molar-refractivity contribution in [1.29, 1.82) is 0 Å². The molecule has 1 atom stereocenters. The molecule has 0 radical (unpaired) electrons. The van der Waals surface area contributed by atoms with Crippen LogP contribution in [0.1, 0.15) is 19.8 Å². The minimum atomic E-state index is -0.421. The molecule has 0 bridgehead atoms. The Hall–Kier alpha value is -0.610. The van der Waals surface area contributed by atoms with Crippen LogP contribution in [0, 0.1) is 0 Å². The Balaban J connectivity index is 2.39. The average Bonchev–Trinajstić information content (AvgIpc) is 2.36. The largest absolute Gasteiger partial charge is 0.465 e. The van der Waals surface area contributed by atoms with Crippen molar-refractivity contribution < 1.29 is 14.7 Å². The van der Waals surface area contributed by atoms with Crippen LogP contribution in [0.5, 0.6) is 0 Å². The molecule has 0 spiro atoms. The second-order valence-corrected chi connectivity index (χ2v) is 2.57. The van der Waals surface area contributed by atoms with Crippen molar-refractivity contribution >= 4 is 5.97 Å². The molecule has 1 aliphatic rings. The highest BCUT2D eigenvalue weighted by Gasteiger charge is 2.30. The summed E-state index contributed by atoms with van der Waals surface area (Å²) in [7, 11) is 0. The van der Waals surface area contributed by atoms with Crippen LogP contribution in [-0.4, -0.2) is 35.4 Å². The normalized spacial score (nSPS) is 25.5. The van der Waals surface area contributed by atoms with Crippen LogP contribution in [0.3, 0.4) is 0 Å². The van der Waals surface area contributed by atoms with E-state index in [-0.39, 0.29) is 5.97 Å². The number of nitrogens with zero attached hydrogens (tertiary/aromatic N) is 1. The fraction of sp³-hybridized carbons (Fsp3) is 0.857. The first kappa shape index (κ1) is 8.49. The van der Waals surface area contributed by atoms with Crippen molar-refractivity contribution in [2.24, 2.45) is 0 Å². The maximum Gasteiger partial charge on any atom is 0.325 e. The van der Waals surface area contributed by atoms with Gasteiger partial charge in [-0.15, -0.1) is 0 Å². The van der Waals surface area contributed by atoms with Gasteiger partial charge in [0.05, 0.1) is 6.61 Å². The zero-order valence-corrected chi connectivity index (χ0v) is 6.62. The minimum absolute atomic E-state index is 0.312. The Bertz CT molecular complexity index is 149. The molecule has 0 amide bonds. The summed E-state index contributed by atoms with van der Waals surface area (Å²) in [4.78, 5) is 11.0. The Kier molecular flexibility index (Phi) is 2.84. The molecular weight excluding hydrogens is 146 g/mol. The summed E-state index contributed by atoms with van der Waals surface area (Å²) in [6.45, 7) is 2.71. The van der Waals surface area contributed by atoms with Gasteiger partial charge in [-0.1, -0.05) is 0 Å². The Labute approximate surface area is 65.7 Å². The van der Waals surface area contributed by atoms with Gasteiger partial charge in [0.2, 0.25) is 0 Å². The highest BCUT2D eigenvalue weighted by atomic mass is 16.6. The van der Waals surface area contributed by atoms with Gasteiger partial charge >= 0.3 is 5.97 Å². The number of hydrogen-bond acceptors (Lipinski definition) is 4. The summed E-state index contributed by atoms with van der Waals surface area (Å²) in [5.74, 6) is -0.312. The van der Waals surface area contributed by atoms with Gasteiger partial charge in [0.25, 0.3) is 0 Å². The van der Waals surface area contributed by atoms with Crippen molar-refractivity contribution in [3.05, 3.63) is 0 Å². The van der Waals surface area contributed by atoms with E-state index in [1.165, 1.54) is 0 Å². The fourth-order valence-electron chi connectivity index (χ4n) is 1.23. The highest BCUT2D eigenvalue weighted by molar-refractivity contribution is 5.75. The molecule has 0 aliphatic carbocycles. The zero-order valence-electron chi connectivity index (χ0n) is 6.62. The number of carbonyl (C=O) groups excluding carboxylic acids is 1. The van der Waals surface area contributed by atoms with Crippen LogP contribution >= 0.6 is 0 Å². The van der Waals surface area contributed by atoms with E-state index in [2.05, 4.69) is 0 Å². The van der Waals surface area contributed by atoms with Gasteiger partial charge in [-0.3, -0.25) is 4.79 Å². The molecule has 4 heteroatoms. The third-order valence-electron chi connectivity index (χ3n) is 1.78. The Morgan fingerprint density at radius 2 is 2.55 bits per heavy atom. The summed E-state index contributed by atoms with van der Waals surface area (Å²) < 4.78 is 4.76. The van der Waals surface area contributed by atoms with E-state index in [0.717, 1.165) is 11.5 Å². The molecule has 1 heterocycles. The number of carbonyl (C=O) groups is 1. The SMILES string of the molecule is CCOC(=O)C1CCCN1O. The van der Waals surface area contributed by atoms with Crippen molar-refractivity contribution in [3.8, 4) is 0 Å². The molecular formula is C7H13NO3. The van der Waals surface area contributed by atoms with Gasteiger partial charge in [-0.25, -0.2) is 0 Å². The van der Waals surface area contributed by atoms with Gasteiger partial charge < -0.3 is 9.94 Å². The van der Waals surface area contributed by atoms with Crippen molar-refractivity contribution in [3.63, 3.8) is 0 Å². The lowest BCUT2D eigenvalue weighted by Gasteiger charge is -2.14. The van der Waals surface area contributed by atoms with Crippen LogP contribution in [0.25, 0.3) is 0 Å². The third-order valence-corrected chi connectivity index (χ3v) is 1.78. The lowest BCUT2D eigenvalue weighted by atomic mass is 10.2. The van der Waals surface area contributed by atoms with Crippen molar-refractivity contribution in [1.82, 2.24) is 5.06 Å². The quantitative estimate of drug-likeness (QED) is 0.592. The lowest BCUT2D eigenvalue weighted by molar-refractivity contribution is -0.166. The number of hydroxylamine groups is 2. The first-order chi connectivity index (χ1) is 5.25. The summed E-state index contributed by atoms with van der Waals surface area (Å²) >= 11 is 0. The van der Waals surface area contributed by atoms with Crippen LogP contribution in [0.4, 0.5) is 0 Å². The van der Waals surface area contributed by atoms with E-state index in [1.807, 2.05) is 0 Å². The molecule has 1 unspecified atom stereocenters. The molecule has 0 aromatic rings. The lowest BCUT2D eigenvalue weighted by Crippen LogP contribution is -2.34. The molecule has 1 aliphatic heterocycles. The number of ether oxygens (including phenoxy) is 1. The van der Waals surface area contributed by atoms with Gasteiger partial charge in [0.15, 0.2) is 0 Å². The Morgan fingerprint density at radius 3 is 3.00 bits per heavy atom. The molecule has 1 fully saturated rings. The minimum Gasteiger partial charge on any atom is -0.465 e. The zero-order chi connectivity index (χ0) is 8.27. The van der Waals surface area contributed by atoms with Crippen LogP contribution in [-0.2, 0) is 9.53 Å². The number of esters is 1. The molecule has 0 aromatic carbocycles. The van der Waals surface area contributed by atoms with Crippen molar-refractivity contribution in [2.45, 2.75) is 25.8 Å². The molecule has 1 N–H and O–H groups in total. The predicted octanol–water partition coefficient (Wildman–Crippen LogP) is 0.403. The maximum absolute atomic E-state index is 11.0. The fourth-order valence-corrected chi connectivity index (χ4v) is 1.23. The van der Waals surface area contributed by atoms with Crippen LogP contribution < -0.4 is 0 Å². The maximum atomic E-state index is 11.0. The Morgan fingerprint density at radius 1 is 1.82 bits per heavy atom. The molecule has 1 saturated heterocycles. The summed E-state index contributed by atoms with van der Waals surface area (Å²) in [6.07, 6.45) is 1.56. The second kappa shape index (κ2) is 3.69. The molecule has 4 nitrogen and oxygen atoms in total. The first-order valence-corrected chi connectivity index (χ1v) is 3.88. The smallest absolute Gasteiger partial charge is 0.325 e. The average molecular weight is 159 g/mol. The van der Waals surface area contributed by atoms with E-state index in [4.69, 9.17) is 9.94 Å². The second-order valence-electron chi connectivity index (χ2n) is 2.57. The first-order valence-electron chi connectivity index (χ1n) is 3.88. The van der Waals surface area contributed by atoms with E-state index in [1.54, 1.807) is 6.92 Å². The van der Waals surface area contributed by atoms with Crippen molar-refractivity contribution in [2.75, 3.05) is 13.2 Å². The number of rotatable bonds is 2. The molecule has 1 rings (SSSR count). The van der Waals surface area contributed by atoms with Gasteiger partial charge in [-0.2, -0.15) is 5.06 Å². The van der Waals surface area contributed by atoms with Gasteiger partial charge in [-0.05, 0) is 19.8 Å². The van der Waals surface area contributed by atoms with Gasteiger partial charge in [0.1, 0.15) is 6.04 Å². The molecule has 0 saturated carbocycles. The standard InChI is InChI=1S/C7H13NO3/c1-2-11-7(9)6-4-3-5-8(6)10/h6,10H,2-5H2,1H3. The van der Waals surface area contributed by atoms with Crippen LogP contribution in [0.15, 0.2) is 0 Å². The predicted molar refractivity (Wildman–Crippen MR) is 38.1 cm³/mol. The summed E-state index contributed by atoms with van der Waals surface area (Å²) in [5, 5.41) is 10.2. The van der Waals surface area contributed by atoms with Crippen LogP contribution in [0.2, 0.25) is 0 Å². The number of hydrogen-bond donors (Lipinski definition) is 1. The van der Waals surface area contributed by atoms with E-state index in [0.29, 0.717) is 19.6 Å². The van der Waals surface area contributed by atoms with E-state index < -0.39 is 6.04 Å². The highest BCUT2D eigenvalue weighted by Crippen LogP contribution is 2.15. The van der Waals surface area contributed by atoms with Gasteiger partial charge in [0, 0.05) is 6.54 Å². The third kappa shape index (κ3) is 1.91. The molecule has 64 valence electrons. The summed E-state index contributed by atoms with van der Waals surface area (Å²) in [5.41, 5.74) is 0. The monoisotopic (exact) mass is 159 g/mol. The topological polar surface area (TPSA) is 49.8 Å².